The number of nitrogens with zero attached hydrogens (tertiary/aromatic N) is 1. The van der Waals surface area contributed by atoms with Crippen LogP contribution in [0.4, 0.5) is 4.79 Å². The Bertz CT molecular complexity index is 649. The van der Waals surface area contributed by atoms with Gasteiger partial charge in [0.15, 0.2) is 11.5 Å². The first-order valence-electron chi connectivity index (χ1n) is 8.79. The van der Waals surface area contributed by atoms with Crippen LogP contribution in [0.15, 0.2) is 18.2 Å². The summed E-state index contributed by atoms with van der Waals surface area (Å²) < 4.78 is 11.3. The molecule has 2 aliphatic heterocycles. The van der Waals surface area contributed by atoms with Crippen molar-refractivity contribution in [2.24, 2.45) is 11.7 Å². The first-order chi connectivity index (χ1) is 12.0. The first-order valence-corrected chi connectivity index (χ1v) is 8.79. The molecular weight excluding hydrogens is 322 g/mol. The number of urea groups is 1. The summed E-state index contributed by atoms with van der Waals surface area (Å²) in [5, 5.41) is 3.03. The van der Waals surface area contributed by atoms with Gasteiger partial charge in [-0.2, -0.15) is 0 Å². The standard InChI is InChI=1S/C18H25N3O4/c1-12(13-5-6-15-16(10-13)25-9-3-8-24-15)20-17(22)14-4-2-7-21(11-14)18(19)23/h5-6,10,12,14H,2-4,7-9,11H2,1H3,(H2,19,23)(H,20,22)/t12-,14-/m0/s1. The number of carbonyl (C=O) groups excluding carboxylic acids is 2. The number of carbonyl (C=O) groups is 2. The number of nitrogens with one attached hydrogen (secondary N) is 1. The van der Waals surface area contributed by atoms with Crippen LogP contribution in [-0.4, -0.2) is 43.1 Å². The fourth-order valence-corrected chi connectivity index (χ4v) is 3.26. The highest BCUT2D eigenvalue weighted by molar-refractivity contribution is 5.80. The van der Waals surface area contributed by atoms with Crippen LogP contribution in [0.1, 0.15) is 37.8 Å². The summed E-state index contributed by atoms with van der Waals surface area (Å²) in [6, 6.07) is 5.12. The van der Waals surface area contributed by atoms with Gasteiger partial charge in [-0.25, -0.2) is 4.79 Å². The van der Waals surface area contributed by atoms with Gasteiger partial charge in [-0.15, -0.1) is 0 Å². The molecule has 0 aromatic heterocycles. The molecule has 3 amide bonds. The molecule has 2 aliphatic rings. The molecule has 0 bridgehead atoms. The second-order valence-electron chi connectivity index (χ2n) is 6.61. The average Bonchev–Trinajstić information content (AvgIpc) is 2.86. The molecule has 25 heavy (non-hydrogen) atoms. The molecule has 2 atom stereocenters. The summed E-state index contributed by atoms with van der Waals surface area (Å²) >= 11 is 0. The zero-order valence-electron chi connectivity index (χ0n) is 14.5. The Morgan fingerprint density at radius 1 is 1.24 bits per heavy atom. The third kappa shape index (κ3) is 4.15. The van der Waals surface area contributed by atoms with E-state index in [0.29, 0.717) is 32.1 Å². The lowest BCUT2D eigenvalue weighted by molar-refractivity contribution is -0.126. The van der Waals surface area contributed by atoms with E-state index in [1.807, 2.05) is 25.1 Å². The number of amides is 3. The Labute approximate surface area is 147 Å². The fourth-order valence-electron chi connectivity index (χ4n) is 3.26. The summed E-state index contributed by atoms with van der Waals surface area (Å²) in [7, 11) is 0. The average molecular weight is 347 g/mol. The molecule has 2 heterocycles. The van der Waals surface area contributed by atoms with E-state index in [2.05, 4.69) is 5.32 Å². The summed E-state index contributed by atoms with van der Waals surface area (Å²) in [5.41, 5.74) is 6.29. The summed E-state index contributed by atoms with van der Waals surface area (Å²) in [5.74, 6) is 1.19. The highest BCUT2D eigenvalue weighted by atomic mass is 16.5. The van der Waals surface area contributed by atoms with Crippen LogP contribution in [0.5, 0.6) is 11.5 Å². The molecule has 0 spiro atoms. The van der Waals surface area contributed by atoms with Gasteiger partial charge in [0.1, 0.15) is 0 Å². The zero-order chi connectivity index (χ0) is 17.8. The molecule has 0 saturated carbocycles. The van der Waals surface area contributed by atoms with E-state index >= 15 is 0 Å². The van der Waals surface area contributed by atoms with Crippen molar-refractivity contribution in [3.8, 4) is 11.5 Å². The first kappa shape index (κ1) is 17.4. The lowest BCUT2D eigenvalue weighted by Gasteiger charge is -2.31. The van der Waals surface area contributed by atoms with Gasteiger partial charge in [0, 0.05) is 19.5 Å². The molecule has 1 fully saturated rings. The molecular formula is C18H25N3O4. The largest absolute Gasteiger partial charge is 0.490 e. The van der Waals surface area contributed by atoms with E-state index in [1.54, 1.807) is 0 Å². The maximum absolute atomic E-state index is 12.5. The molecule has 7 heteroatoms. The molecule has 1 aromatic carbocycles. The number of hydrogen-bond acceptors (Lipinski definition) is 4. The molecule has 3 rings (SSSR count). The van der Waals surface area contributed by atoms with Gasteiger partial charge in [-0.3, -0.25) is 4.79 Å². The molecule has 136 valence electrons. The van der Waals surface area contributed by atoms with Crippen molar-refractivity contribution < 1.29 is 19.1 Å². The SMILES string of the molecule is C[C@H](NC(=O)[C@H]1CCCN(C(N)=O)C1)c1ccc2c(c1)OCCCO2. The van der Waals surface area contributed by atoms with Crippen LogP contribution in [-0.2, 0) is 4.79 Å². The van der Waals surface area contributed by atoms with Crippen molar-refractivity contribution in [1.29, 1.82) is 0 Å². The van der Waals surface area contributed by atoms with Crippen molar-refractivity contribution in [1.82, 2.24) is 10.2 Å². The Morgan fingerprint density at radius 3 is 2.76 bits per heavy atom. The van der Waals surface area contributed by atoms with Gasteiger partial charge in [-0.1, -0.05) is 6.07 Å². The van der Waals surface area contributed by atoms with Crippen LogP contribution in [0.25, 0.3) is 0 Å². The van der Waals surface area contributed by atoms with E-state index in [4.69, 9.17) is 15.2 Å². The fraction of sp³-hybridized carbons (Fsp3) is 0.556. The Morgan fingerprint density at radius 2 is 2.00 bits per heavy atom. The smallest absolute Gasteiger partial charge is 0.314 e. The quantitative estimate of drug-likeness (QED) is 0.872. The third-order valence-corrected chi connectivity index (χ3v) is 4.73. The molecule has 1 saturated heterocycles. The van der Waals surface area contributed by atoms with Gasteiger partial charge >= 0.3 is 6.03 Å². The number of fused-ring (bicyclic) bond motifs is 1. The number of benzene rings is 1. The van der Waals surface area contributed by atoms with Crippen LogP contribution < -0.4 is 20.5 Å². The Balaban J connectivity index is 1.63. The van der Waals surface area contributed by atoms with E-state index in [-0.39, 0.29) is 17.9 Å². The topological polar surface area (TPSA) is 93.9 Å². The van der Waals surface area contributed by atoms with Gasteiger partial charge in [0.2, 0.25) is 5.91 Å². The number of piperidine rings is 1. The van der Waals surface area contributed by atoms with Crippen molar-refractivity contribution in [3.05, 3.63) is 23.8 Å². The number of primary amides is 1. The predicted octanol–water partition coefficient (Wildman–Crippen LogP) is 1.82. The summed E-state index contributed by atoms with van der Waals surface area (Å²) in [6.45, 7) is 4.22. The van der Waals surface area contributed by atoms with Crippen LogP contribution in [0.2, 0.25) is 0 Å². The number of nitrogens with two attached hydrogens (primary N) is 1. The predicted molar refractivity (Wildman–Crippen MR) is 92.5 cm³/mol. The Kier molecular flexibility index (Phi) is 5.31. The molecule has 0 unspecified atom stereocenters. The zero-order valence-corrected chi connectivity index (χ0v) is 14.5. The van der Waals surface area contributed by atoms with Crippen LogP contribution >= 0.6 is 0 Å². The van der Waals surface area contributed by atoms with Gasteiger partial charge < -0.3 is 25.4 Å². The van der Waals surface area contributed by atoms with Crippen molar-refractivity contribution >= 4 is 11.9 Å². The highest BCUT2D eigenvalue weighted by Gasteiger charge is 2.28. The monoisotopic (exact) mass is 347 g/mol. The lowest BCUT2D eigenvalue weighted by Crippen LogP contribution is -2.47. The third-order valence-electron chi connectivity index (χ3n) is 4.73. The number of likely N-dealkylation sites (tertiary alicyclic amines) is 1. The maximum atomic E-state index is 12.5. The molecule has 0 aliphatic carbocycles. The van der Waals surface area contributed by atoms with Crippen molar-refractivity contribution in [2.75, 3.05) is 26.3 Å². The number of hydrogen-bond donors (Lipinski definition) is 2. The number of ether oxygens (including phenoxy) is 2. The summed E-state index contributed by atoms with van der Waals surface area (Å²) in [4.78, 5) is 25.4. The molecule has 0 radical (unpaired) electrons. The van der Waals surface area contributed by atoms with Crippen LogP contribution in [0.3, 0.4) is 0 Å². The van der Waals surface area contributed by atoms with Gasteiger partial charge in [0.05, 0.1) is 25.2 Å². The van der Waals surface area contributed by atoms with Gasteiger partial charge in [-0.05, 0) is 37.5 Å². The van der Waals surface area contributed by atoms with Crippen molar-refractivity contribution in [2.45, 2.75) is 32.2 Å². The minimum Gasteiger partial charge on any atom is -0.490 e. The van der Waals surface area contributed by atoms with E-state index in [1.165, 1.54) is 4.90 Å². The summed E-state index contributed by atoms with van der Waals surface area (Å²) in [6.07, 6.45) is 2.41. The van der Waals surface area contributed by atoms with Crippen LogP contribution in [0, 0.1) is 5.92 Å². The van der Waals surface area contributed by atoms with E-state index in [0.717, 1.165) is 30.6 Å². The second kappa shape index (κ2) is 7.63. The molecule has 7 nitrogen and oxygen atoms in total. The Hall–Kier alpha value is -2.44. The minimum absolute atomic E-state index is 0.0504. The number of rotatable bonds is 3. The van der Waals surface area contributed by atoms with E-state index in [9.17, 15) is 9.59 Å². The van der Waals surface area contributed by atoms with Gasteiger partial charge in [0.25, 0.3) is 0 Å². The maximum Gasteiger partial charge on any atom is 0.314 e. The molecule has 1 aromatic rings. The normalized spacial score (nSPS) is 21.2. The lowest BCUT2D eigenvalue weighted by atomic mass is 9.96. The second-order valence-corrected chi connectivity index (χ2v) is 6.61. The molecule has 3 N–H and O–H groups in total. The highest BCUT2D eigenvalue weighted by Crippen LogP contribution is 2.32. The minimum atomic E-state index is -0.464. The van der Waals surface area contributed by atoms with Crippen molar-refractivity contribution in [3.63, 3.8) is 0 Å². The van der Waals surface area contributed by atoms with E-state index < -0.39 is 6.03 Å².